The predicted molar refractivity (Wildman–Crippen MR) is 128 cm³/mol. The van der Waals surface area contributed by atoms with E-state index in [2.05, 4.69) is 10.0 Å². The Kier molecular flexibility index (Phi) is 7.66. The summed E-state index contributed by atoms with van der Waals surface area (Å²) in [6, 6.07) is 18.2. The van der Waals surface area contributed by atoms with E-state index in [1.807, 2.05) is 18.4 Å². The molecule has 3 rings (SSSR count). The van der Waals surface area contributed by atoms with Crippen LogP contribution >= 0.6 is 11.8 Å². The number of benzene rings is 3. The summed E-state index contributed by atoms with van der Waals surface area (Å²) in [5.74, 6) is 1.29. The van der Waals surface area contributed by atoms with E-state index in [-0.39, 0.29) is 16.6 Å². The number of amides is 1. The summed E-state index contributed by atoms with van der Waals surface area (Å²) >= 11 is 1.70. The zero-order chi connectivity index (χ0) is 23.1. The first-order chi connectivity index (χ1) is 15.4. The Morgan fingerprint density at radius 1 is 0.906 bits per heavy atom. The molecule has 0 atom stereocenters. The molecule has 32 heavy (non-hydrogen) atoms. The second-order valence-corrected chi connectivity index (χ2v) is 9.30. The molecule has 9 heteroatoms. The van der Waals surface area contributed by atoms with Crippen molar-refractivity contribution in [1.29, 1.82) is 0 Å². The van der Waals surface area contributed by atoms with E-state index in [0.717, 1.165) is 11.3 Å². The van der Waals surface area contributed by atoms with Gasteiger partial charge in [0.25, 0.3) is 15.9 Å². The molecule has 0 saturated heterocycles. The molecule has 0 aliphatic heterocycles. The van der Waals surface area contributed by atoms with Crippen molar-refractivity contribution in [3.63, 3.8) is 0 Å². The fraction of sp³-hybridized carbons (Fsp3) is 0.174. The molecule has 0 unspecified atom stereocenters. The molecule has 0 spiro atoms. The second kappa shape index (κ2) is 10.4. The highest BCUT2D eigenvalue weighted by Gasteiger charge is 2.21. The van der Waals surface area contributed by atoms with Crippen LogP contribution in [0.1, 0.15) is 15.9 Å². The fourth-order valence-electron chi connectivity index (χ4n) is 2.96. The third-order valence-corrected chi connectivity index (χ3v) is 6.60. The van der Waals surface area contributed by atoms with Crippen molar-refractivity contribution < 1.29 is 22.7 Å². The van der Waals surface area contributed by atoms with Crippen LogP contribution in [0.4, 0.5) is 11.4 Å². The van der Waals surface area contributed by atoms with Crippen LogP contribution < -0.4 is 19.5 Å². The van der Waals surface area contributed by atoms with Crippen molar-refractivity contribution in [2.24, 2.45) is 0 Å². The lowest BCUT2D eigenvalue weighted by Crippen LogP contribution is -2.16. The summed E-state index contributed by atoms with van der Waals surface area (Å²) in [6.45, 7) is 0. The van der Waals surface area contributed by atoms with Gasteiger partial charge >= 0.3 is 0 Å². The Bertz CT molecular complexity index is 1180. The average Bonchev–Trinajstić information content (AvgIpc) is 2.80. The topological polar surface area (TPSA) is 93.7 Å². The minimum absolute atomic E-state index is 0.0936. The van der Waals surface area contributed by atoms with Crippen molar-refractivity contribution in [1.82, 2.24) is 0 Å². The van der Waals surface area contributed by atoms with Crippen LogP contribution in [0, 0.1) is 0 Å². The third kappa shape index (κ3) is 5.74. The number of thioether (sulfide) groups is 1. The van der Waals surface area contributed by atoms with Gasteiger partial charge in [-0.25, -0.2) is 8.42 Å². The van der Waals surface area contributed by atoms with Gasteiger partial charge in [-0.3, -0.25) is 9.52 Å². The molecule has 3 aromatic rings. The first kappa shape index (κ1) is 23.5. The molecule has 0 saturated carbocycles. The van der Waals surface area contributed by atoms with Gasteiger partial charge in [0.2, 0.25) is 0 Å². The summed E-state index contributed by atoms with van der Waals surface area (Å²) in [5, 5.41) is 2.74. The monoisotopic (exact) mass is 472 g/mol. The van der Waals surface area contributed by atoms with Crippen LogP contribution in [0.2, 0.25) is 0 Å². The standard InChI is InChI=1S/C23H24N2O5S2/c1-29-20-11-8-18(9-12-20)25-32(27,28)22-14-19(10-13-21(22)30-2)24-23(26)17-6-4-16(5-7-17)15-31-3/h4-14,25H,15H2,1-3H3,(H,24,26). The highest BCUT2D eigenvalue weighted by atomic mass is 32.2. The smallest absolute Gasteiger partial charge is 0.265 e. The van der Waals surface area contributed by atoms with E-state index < -0.39 is 10.0 Å². The molecule has 0 fully saturated rings. The lowest BCUT2D eigenvalue weighted by atomic mass is 10.1. The molecule has 2 N–H and O–H groups in total. The highest BCUT2D eigenvalue weighted by molar-refractivity contribution is 7.97. The largest absolute Gasteiger partial charge is 0.497 e. The highest BCUT2D eigenvalue weighted by Crippen LogP contribution is 2.29. The summed E-state index contributed by atoms with van der Waals surface area (Å²) in [7, 11) is -1.06. The Balaban J connectivity index is 1.83. The molecule has 7 nitrogen and oxygen atoms in total. The van der Waals surface area contributed by atoms with Crippen LogP contribution in [0.5, 0.6) is 11.5 Å². The first-order valence-electron chi connectivity index (χ1n) is 9.60. The van der Waals surface area contributed by atoms with E-state index in [9.17, 15) is 13.2 Å². The molecule has 0 aliphatic rings. The average molecular weight is 473 g/mol. The number of sulfonamides is 1. The van der Waals surface area contributed by atoms with Crippen molar-refractivity contribution >= 4 is 39.1 Å². The SMILES string of the molecule is COc1ccc(NS(=O)(=O)c2cc(NC(=O)c3ccc(CSC)cc3)ccc2OC)cc1. The lowest BCUT2D eigenvalue weighted by Gasteiger charge is -2.14. The van der Waals surface area contributed by atoms with E-state index >= 15 is 0 Å². The van der Waals surface area contributed by atoms with Crippen LogP contribution in [-0.4, -0.2) is 34.8 Å². The maximum Gasteiger partial charge on any atom is 0.265 e. The lowest BCUT2D eigenvalue weighted by molar-refractivity contribution is 0.102. The maximum absolute atomic E-state index is 13.0. The molecular formula is C23H24N2O5S2. The van der Waals surface area contributed by atoms with Gasteiger partial charge < -0.3 is 14.8 Å². The molecule has 0 heterocycles. The molecule has 0 radical (unpaired) electrons. The zero-order valence-electron chi connectivity index (χ0n) is 17.9. The van der Waals surface area contributed by atoms with Gasteiger partial charge in [-0.1, -0.05) is 12.1 Å². The fourth-order valence-corrected chi connectivity index (χ4v) is 4.74. The van der Waals surface area contributed by atoms with E-state index in [1.54, 1.807) is 54.2 Å². The number of anilines is 2. The quantitative estimate of drug-likeness (QED) is 0.472. The van der Waals surface area contributed by atoms with Crippen LogP contribution in [0.3, 0.4) is 0 Å². The first-order valence-corrected chi connectivity index (χ1v) is 12.5. The molecule has 168 valence electrons. The second-order valence-electron chi connectivity index (χ2n) is 6.78. The maximum atomic E-state index is 13.0. The number of carbonyl (C=O) groups is 1. The summed E-state index contributed by atoms with van der Waals surface area (Å²) < 4.78 is 38.8. The van der Waals surface area contributed by atoms with Gasteiger partial charge in [0, 0.05) is 22.7 Å². The Morgan fingerprint density at radius 3 is 2.16 bits per heavy atom. The number of rotatable bonds is 9. The zero-order valence-corrected chi connectivity index (χ0v) is 19.5. The van der Waals surface area contributed by atoms with Crippen LogP contribution in [-0.2, 0) is 15.8 Å². The van der Waals surface area contributed by atoms with Crippen LogP contribution in [0.25, 0.3) is 0 Å². The van der Waals surface area contributed by atoms with Crippen LogP contribution in [0.15, 0.2) is 71.6 Å². The molecule has 3 aromatic carbocycles. The number of carbonyl (C=O) groups excluding carboxylic acids is 1. The number of nitrogens with one attached hydrogen (secondary N) is 2. The van der Waals surface area contributed by atoms with Crippen molar-refractivity contribution in [3.8, 4) is 11.5 Å². The summed E-state index contributed by atoms with van der Waals surface area (Å²) in [4.78, 5) is 12.5. The van der Waals surface area contributed by atoms with E-state index in [1.165, 1.54) is 26.4 Å². The Labute approximate surface area is 192 Å². The number of methoxy groups -OCH3 is 2. The Hall–Kier alpha value is -3.17. The van der Waals surface area contributed by atoms with Crippen molar-refractivity contribution in [2.75, 3.05) is 30.5 Å². The van der Waals surface area contributed by atoms with Gasteiger partial charge in [0.05, 0.1) is 14.2 Å². The van der Waals surface area contributed by atoms with Gasteiger partial charge in [0.1, 0.15) is 16.4 Å². The van der Waals surface area contributed by atoms with Gasteiger partial charge in [-0.2, -0.15) is 11.8 Å². The third-order valence-electron chi connectivity index (χ3n) is 4.58. The summed E-state index contributed by atoms with van der Waals surface area (Å²) in [5.41, 5.74) is 2.30. The van der Waals surface area contributed by atoms with Crippen molar-refractivity contribution in [3.05, 3.63) is 77.9 Å². The minimum Gasteiger partial charge on any atom is -0.497 e. The molecule has 0 aliphatic carbocycles. The summed E-state index contributed by atoms with van der Waals surface area (Å²) in [6.07, 6.45) is 2.01. The minimum atomic E-state index is -3.98. The number of hydrogen-bond donors (Lipinski definition) is 2. The molecule has 1 amide bonds. The molecule has 0 bridgehead atoms. The van der Waals surface area contributed by atoms with Gasteiger partial charge in [-0.05, 0) is 66.4 Å². The van der Waals surface area contributed by atoms with Gasteiger partial charge in [0.15, 0.2) is 0 Å². The normalized spacial score (nSPS) is 11.0. The Morgan fingerprint density at radius 2 is 1.56 bits per heavy atom. The van der Waals surface area contributed by atoms with Crippen molar-refractivity contribution in [2.45, 2.75) is 10.6 Å². The van der Waals surface area contributed by atoms with E-state index in [0.29, 0.717) is 22.7 Å². The molecule has 0 aromatic heterocycles. The predicted octanol–water partition coefficient (Wildman–Crippen LogP) is 4.62. The molecular weight excluding hydrogens is 448 g/mol. The van der Waals surface area contributed by atoms with Gasteiger partial charge in [-0.15, -0.1) is 0 Å². The van der Waals surface area contributed by atoms with E-state index in [4.69, 9.17) is 9.47 Å². The number of hydrogen-bond acceptors (Lipinski definition) is 6. The number of ether oxygens (including phenoxy) is 2.